The van der Waals surface area contributed by atoms with Gasteiger partial charge in [0.15, 0.2) is 0 Å². The molecule has 0 atom stereocenters. The molecule has 1 aromatic rings. The molecule has 19 heavy (non-hydrogen) atoms. The van der Waals surface area contributed by atoms with Crippen molar-refractivity contribution in [1.82, 2.24) is 4.90 Å². The van der Waals surface area contributed by atoms with Gasteiger partial charge >= 0.3 is 0 Å². The van der Waals surface area contributed by atoms with Crippen LogP contribution < -0.4 is 5.73 Å². The first-order valence-corrected chi connectivity index (χ1v) is 7.06. The third kappa shape index (κ3) is 3.57. The van der Waals surface area contributed by atoms with E-state index < -0.39 is 0 Å². The predicted octanol–water partition coefficient (Wildman–Crippen LogP) is 2.34. The predicted molar refractivity (Wildman–Crippen MR) is 77.6 cm³/mol. The smallest absolute Gasteiger partial charge is 0.227 e. The SMILES string of the molecule is CC1(C)CCCN(C(=O)Cc2ccccc2CN)C1. The number of nitrogens with zero attached hydrogens (tertiary/aromatic N) is 1. The van der Waals surface area contributed by atoms with E-state index in [0.717, 1.165) is 30.6 Å². The van der Waals surface area contributed by atoms with Gasteiger partial charge < -0.3 is 10.6 Å². The molecule has 1 aliphatic rings. The molecule has 0 saturated carbocycles. The van der Waals surface area contributed by atoms with E-state index >= 15 is 0 Å². The van der Waals surface area contributed by atoms with Crippen LogP contribution in [0, 0.1) is 5.41 Å². The third-order valence-corrected chi connectivity index (χ3v) is 3.93. The molecule has 1 aromatic carbocycles. The van der Waals surface area contributed by atoms with Crippen molar-refractivity contribution in [1.29, 1.82) is 0 Å². The van der Waals surface area contributed by atoms with Crippen molar-refractivity contribution in [3.63, 3.8) is 0 Å². The first-order chi connectivity index (χ1) is 9.02. The lowest BCUT2D eigenvalue weighted by Gasteiger charge is -2.38. The molecule has 2 N–H and O–H groups in total. The highest BCUT2D eigenvalue weighted by atomic mass is 16.2. The standard InChI is InChI=1S/C16H24N2O/c1-16(2)8-5-9-18(12-16)15(19)10-13-6-3-4-7-14(13)11-17/h3-4,6-7H,5,8-12,17H2,1-2H3. The lowest BCUT2D eigenvalue weighted by atomic mass is 9.84. The summed E-state index contributed by atoms with van der Waals surface area (Å²) in [7, 11) is 0. The van der Waals surface area contributed by atoms with Gasteiger partial charge in [0.25, 0.3) is 0 Å². The van der Waals surface area contributed by atoms with Crippen LogP contribution in [0.5, 0.6) is 0 Å². The first-order valence-electron chi connectivity index (χ1n) is 7.06. The fraction of sp³-hybridized carbons (Fsp3) is 0.562. The summed E-state index contributed by atoms with van der Waals surface area (Å²) in [6.07, 6.45) is 2.79. The Balaban J connectivity index is 2.04. The molecule has 1 fully saturated rings. The fourth-order valence-electron chi connectivity index (χ4n) is 2.84. The maximum atomic E-state index is 12.4. The second-order valence-corrected chi connectivity index (χ2v) is 6.23. The van der Waals surface area contributed by atoms with Gasteiger partial charge in [0.1, 0.15) is 0 Å². The Bertz CT molecular complexity index is 454. The van der Waals surface area contributed by atoms with E-state index in [2.05, 4.69) is 13.8 Å². The van der Waals surface area contributed by atoms with Crippen molar-refractivity contribution in [3.05, 3.63) is 35.4 Å². The van der Waals surface area contributed by atoms with Gasteiger partial charge in [-0.1, -0.05) is 38.1 Å². The molecule has 3 nitrogen and oxygen atoms in total. The summed E-state index contributed by atoms with van der Waals surface area (Å²) >= 11 is 0. The molecule has 1 amide bonds. The summed E-state index contributed by atoms with van der Waals surface area (Å²) < 4.78 is 0. The van der Waals surface area contributed by atoms with Gasteiger partial charge in [-0.15, -0.1) is 0 Å². The van der Waals surface area contributed by atoms with E-state index in [1.54, 1.807) is 0 Å². The third-order valence-electron chi connectivity index (χ3n) is 3.93. The van der Waals surface area contributed by atoms with Crippen LogP contribution in [0.1, 0.15) is 37.8 Å². The topological polar surface area (TPSA) is 46.3 Å². The van der Waals surface area contributed by atoms with Gasteiger partial charge in [-0.05, 0) is 29.4 Å². The summed E-state index contributed by atoms with van der Waals surface area (Å²) in [5.41, 5.74) is 8.12. The normalized spacial score (nSPS) is 18.4. The Kier molecular flexibility index (Phi) is 4.25. The number of rotatable bonds is 3. The molecule has 0 aromatic heterocycles. The highest BCUT2D eigenvalue weighted by molar-refractivity contribution is 5.79. The number of hydrogen-bond donors (Lipinski definition) is 1. The molecule has 0 radical (unpaired) electrons. The molecule has 1 heterocycles. The van der Waals surface area contributed by atoms with E-state index in [4.69, 9.17) is 5.73 Å². The molecule has 1 aliphatic heterocycles. The largest absolute Gasteiger partial charge is 0.342 e. The second kappa shape index (κ2) is 5.74. The van der Waals surface area contributed by atoms with E-state index in [9.17, 15) is 4.79 Å². The Hall–Kier alpha value is -1.35. The molecule has 0 unspecified atom stereocenters. The van der Waals surface area contributed by atoms with Crippen LogP contribution in [-0.4, -0.2) is 23.9 Å². The molecule has 104 valence electrons. The lowest BCUT2D eigenvalue weighted by molar-refractivity contribution is -0.133. The van der Waals surface area contributed by atoms with Gasteiger partial charge in [0, 0.05) is 19.6 Å². The van der Waals surface area contributed by atoms with Gasteiger partial charge in [-0.25, -0.2) is 0 Å². The van der Waals surface area contributed by atoms with Gasteiger partial charge in [0.05, 0.1) is 6.42 Å². The molecule has 2 rings (SSSR count). The second-order valence-electron chi connectivity index (χ2n) is 6.23. The van der Waals surface area contributed by atoms with Crippen molar-refractivity contribution in [2.24, 2.45) is 11.1 Å². The van der Waals surface area contributed by atoms with Crippen LogP contribution in [-0.2, 0) is 17.8 Å². The van der Waals surface area contributed by atoms with Gasteiger partial charge in [0.2, 0.25) is 5.91 Å². The Morgan fingerprint density at radius 1 is 1.32 bits per heavy atom. The Labute approximate surface area is 115 Å². The van der Waals surface area contributed by atoms with E-state index in [0.29, 0.717) is 13.0 Å². The minimum Gasteiger partial charge on any atom is -0.342 e. The summed E-state index contributed by atoms with van der Waals surface area (Å²) in [4.78, 5) is 14.4. The lowest BCUT2D eigenvalue weighted by Crippen LogP contribution is -2.44. The van der Waals surface area contributed by atoms with Crippen LogP contribution in [0.15, 0.2) is 24.3 Å². The summed E-state index contributed by atoms with van der Waals surface area (Å²) in [5.74, 6) is 0.230. The first kappa shape index (κ1) is 14.1. The number of carbonyl (C=O) groups is 1. The Morgan fingerprint density at radius 3 is 2.63 bits per heavy atom. The average Bonchev–Trinajstić information content (AvgIpc) is 2.38. The summed E-state index contributed by atoms with van der Waals surface area (Å²) in [5, 5.41) is 0. The van der Waals surface area contributed by atoms with Crippen LogP contribution in [0.2, 0.25) is 0 Å². The highest BCUT2D eigenvalue weighted by Gasteiger charge is 2.29. The monoisotopic (exact) mass is 260 g/mol. The van der Waals surface area contributed by atoms with Crippen molar-refractivity contribution in [2.75, 3.05) is 13.1 Å². The molecular weight excluding hydrogens is 236 g/mol. The van der Waals surface area contributed by atoms with Crippen LogP contribution in [0.4, 0.5) is 0 Å². The number of amides is 1. The maximum Gasteiger partial charge on any atom is 0.227 e. The minimum absolute atomic E-state index is 0.230. The Morgan fingerprint density at radius 2 is 2.00 bits per heavy atom. The zero-order chi connectivity index (χ0) is 13.9. The number of piperidine rings is 1. The maximum absolute atomic E-state index is 12.4. The van der Waals surface area contributed by atoms with E-state index in [-0.39, 0.29) is 11.3 Å². The summed E-state index contributed by atoms with van der Waals surface area (Å²) in [6, 6.07) is 7.96. The summed E-state index contributed by atoms with van der Waals surface area (Å²) in [6.45, 7) is 6.74. The zero-order valence-corrected chi connectivity index (χ0v) is 12.0. The number of hydrogen-bond acceptors (Lipinski definition) is 2. The molecular formula is C16H24N2O. The highest BCUT2D eigenvalue weighted by Crippen LogP contribution is 2.28. The average molecular weight is 260 g/mol. The van der Waals surface area contributed by atoms with Crippen LogP contribution in [0.3, 0.4) is 0 Å². The molecule has 0 aliphatic carbocycles. The molecule has 0 bridgehead atoms. The van der Waals surface area contributed by atoms with Crippen molar-refractivity contribution in [3.8, 4) is 0 Å². The number of carbonyl (C=O) groups excluding carboxylic acids is 1. The van der Waals surface area contributed by atoms with E-state index in [1.165, 1.54) is 6.42 Å². The number of nitrogens with two attached hydrogens (primary N) is 1. The van der Waals surface area contributed by atoms with E-state index in [1.807, 2.05) is 29.2 Å². The minimum atomic E-state index is 0.230. The van der Waals surface area contributed by atoms with Crippen molar-refractivity contribution < 1.29 is 4.79 Å². The zero-order valence-electron chi connectivity index (χ0n) is 12.0. The van der Waals surface area contributed by atoms with Gasteiger partial charge in [-0.3, -0.25) is 4.79 Å². The van der Waals surface area contributed by atoms with Crippen LogP contribution >= 0.6 is 0 Å². The number of benzene rings is 1. The van der Waals surface area contributed by atoms with Crippen LogP contribution in [0.25, 0.3) is 0 Å². The van der Waals surface area contributed by atoms with Crippen molar-refractivity contribution >= 4 is 5.91 Å². The van der Waals surface area contributed by atoms with Crippen molar-refractivity contribution in [2.45, 2.75) is 39.7 Å². The van der Waals surface area contributed by atoms with Gasteiger partial charge in [-0.2, -0.15) is 0 Å². The molecule has 0 spiro atoms. The number of likely N-dealkylation sites (tertiary alicyclic amines) is 1. The molecule has 1 saturated heterocycles. The fourth-order valence-corrected chi connectivity index (χ4v) is 2.84. The quantitative estimate of drug-likeness (QED) is 0.906. The molecule has 3 heteroatoms.